The average molecular weight is 634 g/mol. The maximum Gasteiger partial charge on any atom is 0.416 e. The molecule has 0 bridgehead atoms. The van der Waals surface area contributed by atoms with E-state index in [2.05, 4.69) is 43.8 Å². The van der Waals surface area contributed by atoms with Crippen LogP contribution in [-0.2, 0) is 25.6 Å². The summed E-state index contributed by atoms with van der Waals surface area (Å²) in [5, 5.41) is 2.88. The molecule has 0 aromatic heterocycles. The second kappa shape index (κ2) is 12.8. The molecular formula is C24H30Br2N2O6S. The Morgan fingerprint density at radius 2 is 1.74 bits per heavy atom. The number of benzene rings is 2. The van der Waals surface area contributed by atoms with Crippen molar-refractivity contribution in [3.63, 3.8) is 0 Å². The van der Waals surface area contributed by atoms with E-state index in [1.165, 1.54) is 17.0 Å². The van der Waals surface area contributed by atoms with E-state index in [9.17, 15) is 13.2 Å². The Morgan fingerprint density at radius 3 is 2.31 bits per heavy atom. The van der Waals surface area contributed by atoms with Gasteiger partial charge in [-0.2, -0.15) is 8.42 Å². The minimum atomic E-state index is -3.82. The van der Waals surface area contributed by atoms with Gasteiger partial charge in [0, 0.05) is 17.9 Å². The Bertz CT molecular complexity index is 1130. The van der Waals surface area contributed by atoms with Crippen molar-refractivity contribution in [2.75, 3.05) is 20.3 Å². The number of hydrogen-bond acceptors (Lipinski definition) is 7. The molecule has 2 aromatic carbocycles. The minimum absolute atomic E-state index is 0.00885. The lowest BCUT2D eigenvalue weighted by Gasteiger charge is -2.28. The van der Waals surface area contributed by atoms with Crippen molar-refractivity contribution in [3.8, 4) is 5.75 Å². The van der Waals surface area contributed by atoms with Gasteiger partial charge in [-0.05, 0) is 78.7 Å². The summed E-state index contributed by atoms with van der Waals surface area (Å²) in [5.74, 6) is 0.995. The van der Waals surface area contributed by atoms with Crippen LogP contribution >= 0.6 is 31.9 Å². The highest BCUT2D eigenvalue weighted by molar-refractivity contribution is 9.10. The van der Waals surface area contributed by atoms with Crippen LogP contribution in [-0.4, -0.2) is 45.3 Å². The molecule has 0 saturated heterocycles. The van der Waals surface area contributed by atoms with Crippen molar-refractivity contribution in [3.05, 3.63) is 69.4 Å². The van der Waals surface area contributed by atoms with Gasteiger partial charge in [-0.3, -0.25) is 9.08 Å². The number of nitrogens with one attached hydrogen (secondary N) is 1. The van der Waals surface area contributed by atoms with Crippen molar-refractivity contribution >= 4 is 48.1 Å². The number of rotatable bonds is 11. The number of carbonyl (C=O) groups is 1. The Labute approximate surface area is 224 Å². The molecule has 2 rings (SSSR count). The van der Waals surface area contributed by atoms with Crippen LogP contribution in [0.3, 0.4) is 0 Å². The first-order valence-electron chi connectivity index (χ1n) is 10.8. The van der Waals surface area contributed by atoms with Gasteiger partial charge in [-0.1, -0.05) is 28.6 Å². The molecule has 192 valence electrons. The third-order valence-electron chi connectivity index (χ3n) is 4.45. The fourth-order valence-electron chi connectivity index (χ4n) is 2.74. The van der Waals surface area contributed by atoms with Gasteiger partial charge in [0.15, 0.2) is 0 Å². The minimum Gasteiger partial charge on any atom is -0.492 e. The van der Waals surface area contributed by atoms with Crippen molar-refractivity contribution in [2.24, 2.45) is 0 Å². The predicted octanol–water partition coefficient (Wildman–Crippen LogP) is 5.81. The molecule has 0 unspecified atom stereocenters. The predicted molar refractivity (Wildman–Crippen MR) is 142 cm³/mol. The first kappa shape index (κ1) is 29.2. The van der Waals surface area contributed by atoms with E-state index in [1.54, 1.807) is 46.0 Å². The molecule has 1 amide bonds. The number of ether oxygens (including phenoxy) is 2. The maximum atomic E-state index is 12.6. The highest BCUT2D eigenvalue weighted by Gasteiger charge is 2.24. The van der Waals surface area contributed by atoms with Crippen molar-refractivity contribution in [1.29, 1.82) is 0 Å². The maximum absolute atomic E-state index is 12.6. The summed E-state index contributed by atoms with van der Waals surface area (Å²) >= 11 is 6.76. The number of amides is 1. The SMILES string of the molecule is C=C(NC)N(Cc1ccc(OCCCOS(=O)(=O)c2ccc(Br)cc2)c(Br)c1)C(=O)OC(C)(C)C. The fraction of sp³-hybridized carbons (Fsp3) is 0.375. The topological polar surface area (TPSA) is 94.2 Å². The second-order valence-electron chi connectivity index (χ2n) is 8.46. The van der Waals surface area contributed by atoms with Crippen molar-refractivity contribution in [2.45, 2.75) is 44.2 Å². The van der Waals surface area contributed by atoms with Gasteiger partial charge in [-0.15, -0.1) is 0 Å². The molecule has 35 heavy (non-hydrogen) atoms. The van der Waals surface area contributed by atoms with Crippen molar-refractivity contribution in [1.82, 2.24) is 10.2 Å². The van der Waals surface area contributed by atoms with Gasteiger partial charge in [0.25, 0.3) is 10.1 Å². The molecule has 1 N–H and O–H groups in total. The normalized spacial score (nSPS) is 11.6. The lowest BCUT2D eigenvalue weighted by molar-refractivity contribution is 0.0290. The number of nitrogens with zero attached hydrogens (tertiary/aromatic N) is 1. The summed E-state index contributed by atoms with van der Waals surface area (Å²) < 4.78 is 42.2. The summed E-state index contributed by atoms with van der Waals surface area (Å²) in [6.07, 6.45) is -0.135. The Morgan fingerprint density at radius 1 is 1.09 bits per heavy atom. The van der Waals surface area contributed by atoms with Crippen molar-refractivity contribution < 1.29 is 26.9 Å². The van der Waals surface area contributed by atoms with Gasteiger partial charge in [-0.25, -0.2) is 4.79 Å². The largest absolute Gasteiger partial charge is 0.492 e. The summed E-state index contributed by atoms with van der Waals surface area (Å²) in [7, 11) is -2.13. The summed E-state index contributed by atoms with van der Waals surface area (Å²) in [6, 6.07) is 11.7. The van der Waals surface area contributed by atoms with E-state index in [-0.39, 0.29) is 24.7 Å². The Balaban J connectivity index is 1.91. The monoisotopic (exact) mass is 632 g/mol. The molecule has 0 atom stereocenters. The standard InChI is InChI=1S/C24H30Br2N2O6S/c1-17(27-5)28(23(29)34-24(2,3)4)16-18-7-12-22(21(26)15-18)32-13-6-14-33-35(30,31)20-10-8-19(25)9-11-20/h7-12,15,27H,1,6,13-14,16H2,2-5H3. The summed E-state index contributed by atoms with van der Waals surface area (Å²) in [4.78, 5) is 14.1. The molecule has 0 aliphatic rings. The van der Waals surface area contributed by atoms with E-state index in [0.29, 0.717) is 22.5 Å². The molecule has 2 aromatic rings. The smallest absolute Gasteiger partial charge is 0.416 e. The fourth-order valence-corrected chi connectivity index (χ4v) is 4.49. The second-order valence-corrected chi connectivity index (χ2v) is 11.8. The van der Waals surface area contributed by atoms with E-state index < -0.39 is 21.8 Å². The molecule has 0 radical (unpaired) electrons. The molecule has 0 spiro atoms. The molecule has 11 heteroatoms. The van der Waals surface area contributed by atoms with Crippen LogP contribution in [0.1, 0.15) is 32.8 Å². The van der Waals surface area contributed by atoms with E-state index >= 15 is 0 Å². The van der Waals surface area contributed by atoms with Crippen LogP contribution in [0.5, 0.6) is 5.75 Å². The highest BCUT2D eigenvalue weighted by Crippen LogP contribution is 2.27. The van der Waals surface area contributed by atoms with Crippen LogP contribution in [0.25, 0.3) is 0 Å². The van der Waals surface area contributed by atoms with Gasteiger partial charge in [0.2, 0.25) is 0 Å². The molecule has 0 aliphatic heterocycles. The molecular weight excluding hydrogens is 604 g/mol. The summed E-state index contributed by atoms with van der Waals surface area (Å²) in [5.41, 5.74) is 0.193. The van der Waals surface area contributed by atoms with E-state index in [4.69, 9.17) is 13.7 Å². The average Bonchev–Trinajstić information content (AvgIpc) is 2.77. The molecule has 8 nitrogen and oxygen atoms in total. The number of halogens is 2. The lowest BCUT2D eigenvalue weighted by Crippen LogP contribution is -2.38. The van der Waals surface area contributed by atoms with Crippen LogP contribution < -0.4 is 10.1 Å². The van der Waals surface area contributed by atoms with Gasteiger partial charge in [0.05, 0.1) is 29.1 Å². The number of hydrogen-bond donors (Lipinski definition) is 1. The first-order valence-corrected chi connectivity index (χ1v) is 13.8. The molecule has 0 heterocycles. The summed E-state index contributed by atoms with van der Waals surface area (Å²) in [6.45, 7) is 9.78. The zero-order chi connectivity index (χ0) is 26.2. The van der Waals surface area contributed by atoms with Crippen LogP contribution in [0, 0.1) is 0 Å². The van der Waals surface area contributed by atoms with Gasteiger partial charge in [0.1, 0.15) is 17.2 Å². The third-order valence-corrected chi connectivity index (χ3v) is 6.93. The molecule has 0 aliphatic carbocycles. The van der Waals surface area contributed by atoms with Gasteiger partial charge >= 0.3 is 6.09 Å². The highest BCUT2D eigenvalue weighted by atomic mass is 79.9. The van der Waals surface area contributed by atoms with Gasteiger partial charge < -0.3 is 14.8 Å². The third kappa shape index (κ3) is 9.47. The Kier molecular flexibility index (Phi) is 10.6. The lowest BCUT2D eigenvalue weighted by atomic mass is 10.2. The molecule has 0 saturated carbocycles. The van der Waals surface area contributed by atoms with E-state index in [0.717, 1.165) is 10.0 Å². The van der Waals surface area contributed by atoms with Crippen LogP contribution in [0.2, 0.25) is 0 Å². The zero-order valence-corrected chi connectivity index (χ0v) is 24.1. The van der Waals surface area contributed by atoms with Crippen LogP contribution in [0.4, 0.5) is 4.79 Å². The number of carbonyl (C=O) groups excluding carboxylic acids is 1. The van der Waals surface area contributed by atoms with E-state index in [1.807, 2.05) is 12.1 Å². The first-order chi connectivity index (χ1) is 16.3. The quantitative estimate of drug-likeness (QED) is 0.246. The van der Waals surface area contributed by atoms with Crippen LogP contribution in [0.15, 0.2) is 68.7 Å². The molecule has 0 fully saturated rings. The Hall–Kier alpha value is -2.08. The zero-order valence-electron chi connectivity index (χ0n) is 20.1.